The van der Waals surface area contributed by atoms with Crippen LogP contribution in [0.25, 0.3) is 0 Å². The number of nitrogens with two attached hydrogens (primary N) is 1. The highest BCUT2D eigenvalue weighted by atomic mass is 16.5. The van der Waals surface area contributed by atoms with Gasteiger partial charge in [0.1, 0.15) is 5.75 Å². The van der Waals surface area contributed by atoms with Crippen molar-refractivity contribution in [3.63, 3.8) is 0 Å². The number of hydrogen-bond donors (Lipinski definition) is 1. The predicted molar refractivity (Wildman–Crippen MR) is 75.2 cm³/mol. The molecule has 0 aliphatic rings. The molecule has 0 aliphatic carbocycles. The molecule has 2 N–H and O–H groups in total. The molecule has 1 atom stereocenters. The van der Waals surface area contributed by atoms with Crippen LogP contribution >= 0.6 is 0 Å². The molecular formula is C14H20N2O4. The van der Waals surface area contributed by atoms with Crippen LogP contribution in [0.1, 0.15) is 13.3 Å². The van der Waals surface area contributed by atoms with E-state index in [1.807, 2.05) is 0 Å². The highest BCUT2D eigenvalue weighted by Gasteiger charge is 2.19. The van der Waals surface area contributed by atoms with E-state index >= 15 is 0 Å². The van der Waals surface area contributed by atoms with E-state index in [-0.39, 0.29) is 18.9 Å². The molecule has 1 unspecified atom stereocenters. The van der Waals surface area contributed by atoms with E-state index in [1.165, 1.54) is 4.90 Å². The van der Waals surface area contributed by atoms with E-state index in [0.29, 0.717) is 11.4 Å². The van der Waals surface area contributed by atoms with Gasteiger partial charge in [-0.05, 0) is 19.1 Å². The Morgan fingerprint density at radius 1 is 1.35 bits per heavy atom. The normalized spacial score (nSPS) is 11.6. The molecule has 0 saturated heterocycles. The van der Waals surface area contributed by atoms with Gasteiger partial charge in [0.15, 0.2) is 6.10 Å². The summed E-state index contributed by atoms with van der Waals surface area (Å²) < 4.78 is 10.4. The highest BCUT2D eigenvalue weighted by molar-refractivity contribution is 5.83. The van der Waals surface area contributed by atoms with Crippen molar-refractivity contribution < 1.29 is 19.1 Å². The Kier molecular flexibility index (Phi) is 5.83. The fraction of sp³-hybridized carbons (Fsp3) is 0.429. The molecule has 0 bridgehead atoms. The van der Waals surface area contributed by atoms with Crippen LogP contribution in [-0.4, -0.2) is 43.6 Å². The van der Waals surface area contributed by atoms with Crippen LogP contribution < -0.4 is 10.5 Å². The Bertz CT molecular complexity index is 474. The fourth-order valence-corrected chi connectivity index (χ4v) is 1.53. The second kappa shape index (κ2) is 7.37. The Hall–Kier alpha value is -2.24. The third-order valence-electron chi connectivity index (χ3n) is 2.53. The van der Waals surface area contributed by atoms with E-state index in [2.05, 4.69) is 0 Å². The molecular weight excluding hydrogens is 260 g/mol. The molecule has 1 aromatic carbocycles. The standard InChI is InChI=1S/C14H20N2O4/c1-10(14(18)16(2)3)20-13(17)7-8-19-12-6-4-5-11(15)9-12/h4-6,9-10H,7-8,15H2,1-3H3. The summed E-state index contributed by atoms with van der Waals surface area (Å²) >= 11 is 0. The average Bonchev–Trinajstić information content (AvgIpc) is 2.37. The minimum atomic E-state index is -0.787. The minimum Gasteiger partial charge on any atom is -0.493 e. The molecule has 0 fully saturated rings. The quantitative estimate of drug-likeness (QED) is 0.622. The summed E-state index contributed by atoms with van der Waals surface area (Å²) in [6.45, 7) is 1.71. The summed E-state index contributed by atoms with van der Waals surface area (Å²) in [6, 6.07) is 6.93. The van der Waals surface area contributed by atoms with Crippen molar-refractivity contribution >= 4 is 17.6 Å². The fourth-order valence-electron chi connectivity index (χ4n) is 1.53. The lowest BCUT2D eigenvalue weighted by Gasteiger charge is -2.17. The molecule has 1 amide bonds. The molecule has 0 radical (unpaired) electrons. The van der Waals surface area contributed by atoms with Gasteiger partial charge in [-0.15, -0.1) is 0 Å². The molecule has 6 nitrogen and oxygen atoms in total. The first kappa shape index (κ1) is 15.8. The van der Waals surface area contributed by atoms with Gasteiger partial charge in [0.05, 0.1) is 13.0 Å². The summed E-state index contributed by atoms with van der Waals surface area (Å²) in [5.74, 6) is -0.137. The van der Waals surface area contributed by atoms with Crippen molar-refractivity contribution in [2.45, 2.75) is 19.4 Å². The largest absolute Gasteiger partial charge is 0.493 e. The monoisotopic (exact) mass is 280 g/mol. The minimum absolute atomic E-state index is 0.0693. The number of carbonyl (C=O) groups is 2. The van der Waals surface area contributed by atoms with Crippen molar-refractivity contribution in [1.82, 2.24) is 4.90 Å². The summed E-state index contributed by atoms with van der Waals surface area (Å²) in [4.78, 5) is 24.4. The van der Waals surface area contributed by atoms with Gasteiger partial charge in [0.25, 0.3) is 5.91 Å². The number of amides is 1. The molecule has 1 rings (SSSR count). The maximum atomic E-state index is 11.5. The van der Waals surface area contributed by atoms with Gasteiger partial charge in [-0.1, -0.05) is 6.07 Å². The van der Waals surface area contributed by atoms with E-state index in [0.717, 1.165) is 0 Å². The predicted octanol–water partition coefficient (Wildman–Crippen LogP) is 1.06. The van der Waals surface area contributed by atoms with Crippen molar-refractivity contribution in [2.75, 3.05) is 26.4 Å². The first-order valence-electron chi connectivity index (χ1n) is 6.29. The van der Waals surface area contributed by atoms with E-state index < -0.39 is 12.1 Å². The molecule has 0 saturated carbocycles. The lowest BCUT2D eigenvalue weighted by molar-refractivity contribution is -0.158. The molecule has 20 heavy (non-hydrogen) atoms. The van der Waals surface area contributed by atoms with Gasteiger partial charge in [-0.3, -0.25) is 9.59 Å². The van der Waals surface area contributed by atoms with Gasteiger partial charge in [0, 0.05) is 25.8 Å². The van der Waals surface area contributed by atoms with Crippen molar-refractivity contribution in [3.8, 4) is 5.75 Å². The van der Waals surface area contributed by atoms with E-state index in [1.54, 1.807) is 45.3 Å². The Balaban J connectivity index is 2.32. The van der Waals surface area contributed by atoms with Crippen LogP contribution in [0.5, 0.6) is 5.75 Å². The number of hydrogen-bond acceptors (Lipinski definition) is 5. The summed E-state index contributed by atoms with van der Waals surface area (Å²) in [5.41, 5.74) is 6.20. The Labute approximate surface area is 118 Å². The van der Waals surface area contributed by atoms with Gasteiger partial charge >= 0.3 is 5.97 Å². The number of nitrogen functional groups attached to an aromatic ring is 1. The lowest BCUT2D eigenvalue weighted by atomic mass is 10.3. The van der Waals surface area contributed by atoms with Gasteiger partial charge in [0.2, 0.25) is 0 Å². The zero-order valence-electron chi connectivity index (χ0n) is 12.0. The second-order valence-corrected chi connectivity index (χ2v) is 4.54. The van der Waals surface area contributed by atoms with Crippen LogP contribution in [0.3, 0.4) is 0 Å². The van der Waals surface area contributed by atoms with E-state index in [9.17, 15) is 9.59 Å². The van der Waals surface area contributed by atoms with Gasteiger partial charge in [-0.2, -0.15) is 0 Å². The number of likely N-dealkylation sites (N-methyl/N-ethyl adjacent to an activating group) is 1. The highest BCUT2D eigenvalue weighted by Crippen LogP contribution is 2.14. The maximum absolute atomic E-state index is 11.5. The van der Waals surface area contributed by atoms with Crippen LogP contribution in [-0.2, 0) is 14.3 Å². The Morgan fingerprint density at radius 2 is 2.05 bits per heavy atom. The third kappa shape index (κ3) is 5.17. The first-order chi connectivity index (χ1) is 9.40. The molecule has 0 aromatic heterocycles. The summed E-state index contributed by atoms with van der Waals surface area (Å²) in [6.07, 6.45) is -0.718. The summed E-state index contributed by atoms with van der Waals surface area (Å²) in [5, 5.41) is 0. The molecule has 6 heteroatoms. The van der Waals surface area contributed by atoms with Crippen molar-refractivity contribution in [3.05, 3.63) is 24.3 Å². The Morgan fingerprint density at radius 3 is 2.65 bits per heavy atom. The van der Waals surface area contributed by atoms with Crippen LogP contribution in [0.4, 0.5) is 5.69 Å². The van der Waals surface area contributed by atoms with Crippen LogP contribution in [0.2, 0.25) is 0 Å². The molecule has 110 valence electrons. The lowest BCUT2D eigenvalue weighted by Crippen LogP contribution is -2.35. The van der Waals surface area contributed by atoms with E-state index in [4.69, 9.17) is 15.2 Å². The van der Waals surface area contributed by atoms with Crippen LogP contribution in [0.15, 0.2) is 24.3 Å². The van der Waals surface area contributed by atoms with Gasteiger partial charge in [-0.25, -0.2) is 0 Å². The number of esters is 1. The zero-order chi connectivity index (χ0) is 15.1. The molecule has 1 aromatic rings. The topological polar surface area (TPSA) is 81.9 Å². The second-order valence-electron chi connectivity index (χ2n) is 4.54. The molecule has 0 aliphatic heterocycles. The van der Waals surface area contributed by atoms with Crippen molar-refractivity contribution in [2.24, 2.45) is 0 Å². The average molecular weight is 280 g/mol. The maximum Gasteiger partial charge on any atom is 0.310 e. The number of anilines is 1. The zero-order valence-corrected chi connectivity index (χ0v) is 12.0. The number of benzene rings is 1. The van der Waals surface area contributed by atoms with Crippen molar-refractivity contribution in [1.29, 1.82) is 0 Å². The first-order valence-corrected chi connectivity index (χ1v) is 6.29. The number of ether oxygens (including phenoxy) is 2. The summed E-state index contributed by atoms with van der Waals surface area (Å²) in [7, 11) is 3.21. The number of rotatable bonds is 6. The SMILES string of the molecule is CC(OC(=O)CCOc1cccc(N)c1)C(=O)N(C)C. The van der Waals surface area contributed by atoms with Crippen LogP contribution in [0, 0.1) is 0 Å². The smallest absolute Gasteiger partial charge is 0.310 e. The number of carbonyl (C=O) groups excluding carboxylic acids is 2. The third-order valence-corrected chi connectivity index (χ3v) is 2.53. The molecule has 0 heterocycles. The molecule has 0 spiro atoms. The number of nitrogens with zero attached hydrogens (tertiary/aromatic N) is 1. The van der Waals surface area contributed by atoms with Gasteiger partial charge < -0.3 is 20.1 Å².